The quantitative estimate of drug-likeness (QED) is 0.803. The van der Waals surface area contributed by atoms with E-state index in [2.05, 4.69) is 24.0 Å². The third kappa shape index (κ3) is 2.17. The highest BCUT2D eigenvalue weighted by Crippen LogP contribution is 2.29. The molecule has 16 heavy (non-hydrogen) atoms. The van der Waals surface area contributed by atoms with Crippen LogP contribution < -0.4 is 0 Å². The highest BCUT2D eigenvalue weighted by atomic mass is 35.5. The van der Waals surface area contributed by atoms with Crippen LogP contribution in [0.5, 0.6) is 5.75 Å². The molecule has 0 unspecified atom stereocenters. The molecule has 0 aliphatic carbocycles. The number of nitrogens with zero attached hydrogens (tertiary/aromatic N) is 1. The van der Waals surface area contributed by atoms with E-state index in [0.29, 0.717) is 5.15 Å². The molecule has 1 aromatic carbocycles. The Bertz CT molecular complexity index is 494. The highest BCUT2D eigenvalue weighted by molar-refractivity contribution is 6.32. The zero-order valence-electron chi connectivity index (χ0n) is 8.94. The molecule has 3 heteroatoms. The van der Waals surface area contributed by atoms with E-state index in [-0.39, 0.29) is 5.75 Å². The summed E-state index contributed by atoms with van der Waals surface area (Å²) in [7, 11) is 0. The van der Waals surface area contributed by atoms with Gasteiger partial charge in [0.1, 0.15) is 10.9 Å². The Morgan fingerprint density at radius 2 is 1.94 bits per heavy atom. The summed E-state index contributed by atoms with van der Waals surface area (Å²) in [5.41, 5.74) is 2.99. The van der Waals surface area contributed by atoms with Gasteiger partial charge in [-0.15, -0.1) is 0 Å². The summed E-state index contributed by atoms with van der Waals surface area (Å²) in [6.45, 7) is 2.11. The molecule has 0 radical (unpaired) electrons. The number of hydrogen-bond donors (Lipinski definition) is 1. The summed E-state index contributed by atoms with van der Waals surface area (Å²) in [6.07, 6.45) is 2.35. The fraction of sp³-hybridized carbons (Fsp3) is 0.154. The van der Waals surface area contributed by atoms with Gasteiger partial charge in [0.2, 0.25) is 0 Å². The SMILES string of the molecule is CCc1ccc(-c2cc(O)cnc2Cl)cc1. The van der Waals surface area contributed by atoms with Crippen molar-refractivity contribution in [3.8, 4) is 16.9 Å². The Morgan fingerprint density at radius 1 is 1.25 bits per heavy atom. The minimum atomic E-state index is 0.124. The maximum Gasteiger partial charge on any atom is 0.137 e. The second kappa shape index (κ2) is 4.54. The number of aromatic nitrogens is 1. The van der Waals surface area contributed by atoms with Crippen LogP contribution in [0.2, 0.25) is 5.15 Å². The molecule has 0 atom stereocenters. The molecular formula is C13H12ClNO. The van der Waals surface area contributed by atoms with Gasteiger partial charge in [-0.1, -0.05) is 42.8 Å². The monoisotopic (exact) mass is 233 g/mol. The summed E-state index contributed by atoms with van der Waals surface area (Å²) < 4.78 is 0. The van der Waals surface area contributed by atoms with Gasteiger partial charge in [0, 0.05) is 5.56 Å². The normalized spacial score (nSPS) is 10.4. The summed E-state index contributed by atoms with van der Waals surface area (Å²) in [4.78, 5) is 3.91. The third-order valence-corrected chi connectivity index (χ3v) is 2.80. The lowest BCUT2D eigenvalue weighted by atomic mass is 10.0. The van der Waals surface area contributed by atoms with Crippen molar-refractivity contribution in [2.45, 2.75) is 13.3 Å². The Hall–Kier alpha value is -1.54. The molecule has 1 heterocycles. The lowest BCUT2D eigenvalue weighted by molar-refractivity contribution is 0.473. The van der Waals surface area contributed by atoms with Crippen molar-refractivity contribution in [3.05, 3.63) is 47.2 Å². The van der Waals surface area contributed by atoms with Gasteiger partial charge in [0.25, 0.3) is 0 Å². The second-order valence-corrected chi connectivity index (χ2v) is 3.94. The van der Waals surface area contributed by atoms with Crippen molar-refractivity contribution >= 4 is 11.6 Å². The minimum Gasteiger partial charge on any atom is -0.506 e. The lowest BCUT2D eigenvalue weighted by Crippen LogP contribution is -1.85. The molecule has 1 N–H and O–H groups in total. The fourth-order valence-corrected chi connectivity index (χ4v) is 1.77. The van der Waals surface area contributed by atoms with Crippen molar-refractivity contribution < 1.29 is 5.11 Å². The van der Waals surface area contributed by atoms with Crippen LogP contribution in [0, 0.1) is 0 Å². The number of rotatable bonds is 2. The predicted octanol–water partition coefficient (Wildman–Crippen LogP) is 3.67. The molecule has 0 fully saturated rings. The van der Waals surface area contributed by atoms with E-state index in [0.717, 1.165) is 17.5 Å². The van der Waals surface area contributed by atoms with E-state index in [4.69, 9.17) is 11.6 Å². The number of benzene rings is 1. The molecule has 2 aromatic rings. The van der Waals surface area contributed by atoms with Crippen molar-refractivity contribution in [2.75, 3.05) is 0 Å². The van der Waals surface area contributed by atoms with Crippen molar-refractivity contribution in [2.24, 2.45) is 0 Å². The van der Waals surface area contributed by atoms with Crippen LogP contribution in [0.1, 0.15) is 12.5 Å². The Morgan fingerprint density at radius 3 is 2.56 bits per heavy atom. The Balaban J connectivity index is 2.45. The molecule has 0 spiro atoms. The van der Waals surface area contributed by atoms with Gasteiger partial charge in [-0.25, -0.2) is 4.98 Å². The summed E-state index contributed by atoms with van der Waals surface area (Å²) in [5.74, 6) is 0.124. The fourth-order valence-electron chi connectivity index (χ4n) is 1.56. The van der Waals surface area contributed by atoms with Crippen LogP contribution in [-0.2, 0) is 6.42 Å². The van der Waals surface area contributed by atoms with Crippen LogP contribution in [0.15, 0.2) is 36.5 Å². The first-order valence-corrected chi connectivity index (χ1v) is 5.52. The Labute approximate surface area is 99.5 Å². The van der Waals surface area contributed by atoms with Gasteiger partial charge in [0.15, 0.2) is 0 Å². The van der Waals surface area contributed by atoms with E-state index in [1.54, 1.807) is 6.07 Å². The Kier molecular flexibility index (Phi) is 3.11. The van der Waals surface area contributed by atoms with Crippen molar-refractivity contribution in [3.63, 3.8) is 0 Å². The molecule has 0 aliphatic heterocycles. The van der Waals surface area contributed by atoms with Gasteiger partial charge in [-0.3, -0.25) is 0 Å². The lowest BCUT2D eigenvalue weighted by Gasteiger charge is -2.05. The first kappa shape index (κ1) is 11.0. The van der Waals surface area contributed by atoms with Gasteiger partial charge >= 0.3 is 0 Å². The molecule has 0 saturated heterocycles. The van der Waals surface area contributed by atoms with Crippen LogP contribution in [-0.4, -0.2) is 10.1 Å². The van der Waals surface area contributed by atoms with E-state index in [1.807, 2.05) is 12.1 Å². The van der Waals surface area contributed by atoms with E-state index in [1.165, 1.54) is 11.8 Å². The largest absolute Gasteiger partial charge is 0.506 e. The van der Waals surface area contributed by atoms with Crippen LogP contribution in [0.3, 0.4) is 0 Å². The van der Waals surface area contributed by atoms with Crippen LogP contribution in [0.4, 0.5) is 0 Å². The van der Waals surface area contributed by atoms with Gasteiger partial charge < -0.3 is 5.11 Å². The third-order valence-electron chi connectivity index (χ3n) is 2.50. The maximum atomic E-state index is 9.38. The zero-order valence-corrected chi connectivity index (χ0v) is 9.70. The molecule has 1 aromatic heterocycles. The molecule has 0 aliphatic rings. The minimum absolute atomic E-state index is 0.124. The number of hydrogen-bond acceptors (Lipinski definition) is 2. The highest BCUT2D eigenvalue weighted by Gasteiger charge is 2.05. The topological polar surface area (TPSA) is 33.1 Å². The molecule has 0 saturated carbocycles. The zero-order chi connectivity index (χ0) is 11.5. The van der Waals surface area contributed by atoms with Crippen molar-refractivity contribution in [1.82, 2.24) is 4.98 Å². The van der Waals surface area contributed by atoms with Crippen LogP contribution in [0.25, 0.3) is 11.1 Å². The number of halogens is 1. The first-order valence-electron chi connectivity index (χ1n) is 5.14. The molecule has 0 bridgehead atoms. The van der Waals surface area contributed by atoms with Crippen molar-refractivity contribution in [1.29, 1.82) is 0 Å². The number of pyridine rings is 1. The van der Waals surface area contributed by atoms with Gasteiger partial charge in [0.05, 0.1) is 6.20 Å². The summed E-state index contributed by atoms with van der Waals surface area (Å²) >= 11 is 5.98. The average Bonchev–Trinajstić information content (AvgIpc) is 2.32. The molecule has 82 valence electrons. The molecule has 0 amide bonds. The standard InChI is InChI=1S/C13H12ClNO/c1-2-9-3-5-10(6-4-9)12-7-11(16)8-15-13(12)14/h3-8,16H,2H2,1H3. The van der Waals surface area contributed by atoms with Gasteiger partial charge in [-0.2, -0.15) is 0 Å². The van der Waals surface area contributed by atoms with E-state index in [9.17, 15) is 5.11 Å². The van der Waals surface area contributed by atoms with E-state index < -0.39 is 0 Å². The summed E-state index contributed by atoms with van der Waals surface area (Å²) in [6, 6.07) is 9.70. The predicted molar refractivity (Wildman–Crippen MR) is 65.7 cm³/mol. The number of aromatic hydroxyl groups is 1. The summed E-state index contributed by atoms with van der Waals surface area (Å²) in [5, 5.41) is 9.78. The maximum absolute atomic E-state index is 9.38. The van der Waals surface area contributed by atoms with Crippen LogP contribution >= 0.6 is 11.6 Å². The van der Waals surface area contributed by atoms with Gasteiger partial charge in [-0.05, 0) is 23.6 Å². The average molecular weight is 234 g/mol. The molecule has 2 rings (SSSR count). The second-order valence-electron chi connectivity index (χ2n) is 3.58. The molecular weight excluding hydrogens is 222 g/mol. The first-order chi connectivity index (χ1) is 7.70. The van der Waals surface area contributed by atoms with E-state index >= 15 is 0 Å². The molecule has 2 nitrogen and oxygen atoms in total. The number of aryl methyl sites for hydroxylation is 1. The smallest absolute Gasteiger partial charge is 0.137 e.